The second-order valence-corrected chi connectivity index (χ2v) is 9.96. The molecule has 1 amide bonds. The number of nitrogens with one attached hydrogen (secondary N) is 1. The van der Waals surface area contributed by atoms with Crippen molar-refractivity contribution in [3.63, 3.8) is 0 Å². The SMILES string of the molecule is CCN1CCN(CCCNC(=O)C2CCCN(c3nnc(-n4c(C)ccc4C)s3)C2)CC1. The summed E-state index contributed by atoms with van der Waals surface area (Å²) in [6, 6.07) is 4.20. The predicted octanol–water partition coefficient (Wildman–Crippen LogP) is 2.31. The Hall–Kier alpha value is -1.97. The fraction of sp³-hybridized carbons (Fsp3) is 0.696. The van der Waals surface area contributed by atoms with Gasteiger partial charge < -0.3 is 20.0 Å². The molecule has 9 heteroatoms. The number of hydrogen-bond acceptors (Lipinski definition) is 7. The topological polar surface area (TPSA) is 69.5 Å². The highest BCUT2D eigenvalue weighted by molar-refractivity contribution is 7.17. The Morgan fingerprint density at radius 1 is 1.06 bits per heavy atom. The quantitative estimate of drug-likeness (QED) is 0.611. The zero-order valence-electron chi connectivity index (χ0n) is 19.7. The van der Waals surface area contributed by atoms with Gasteiger partial charge in [0.15, 0.2) is 0 Å². The van der Waals surface area contributed by atoms with Crippen LogP contribution in [-0.4, -0.2) is 89.4 Å². The molecule has 4 rings (SSSR count). The number of carbonyl (C=O) groups is 1. The number of aromatic nitrogens is 3. The molecule has 2 aliphatic rings. The van der Waals surface area contributed by atoms with E-state index < -0.39 is 0 Å². The number of piperidine rings is 1. The average molecular weight is 460 g/mol. The number of hydrogen-bond donors (Lipinski definition) is 1. The van der Waals surface area contributed by atoms with Crippen LogP contribution < -0.4 is 10.2 Å². The number of carbonyl (C=O) groups excluding carboxylic acids is 1. The fourth-order valence-corrected chi connectivity index (χ4v) is 5.75. The summed E-state index contributed by atoms with van der Waals surface area (Å²) in [6.45, 7) is 15.7. The Bertz CT molecular complexity index is 867. The molecule has 0 aliphatic carbocycles. The van der Waals surface area contributed by atoms with Crippen molar-refractivity contribution >= 4 is 22.4 Å². The van der Waals surface area contributed by atoms with Crippen molar-refractivity contribution in [2.24, 2.45) is 5.92 Å². The second kappa shape index (κ2) is 10.8. The smallest absolute Gasteiger partial charge is 0.224 e. The molecule has 2 aromatic rings. The van der Waals surface area contributed by atoms with E-state index in [1.807, 2.05) is 0 Å². The van der Waals surface area contributed by atoms with Crippen molar-refractivity contribution in [3.8, 4) is 5.13 Å². The van der Waals surface area contributed by atoms with Crippen LogP contribution in [0.25, 0.3) is 5.13 Å². The van der Waals surface area contributed by atoms with Crippen LogP contribution in [0.3, 0.4) is 0 Å². The average Bonchev–Trinajstić information content (AvgIpc) is 3.43. The van der Waals surface area contributed by atoms with Crippen molar-refractivity contribution in [1.29, 1.82) is 0 Å². The summed E-state index contributed by atoms with van der Waals surface area (Å²) in [6.07, 6.45) is 2.97. The van der Waals surface area contributed by atoms with E-state index in [1.165, 1.54) is 0 Å². The number of amides is 1. The second-order valence-electron chi connectivity index (χ2n) is 9.02. The lowest BCUT2D eigenvalue weighted by atomic mass is 9.97. The van der Waals surface area contributed by atoms with Gasteiger partial charge in [0, 0.05) is 57.2 Å². The van der Waals surface area contributed by atoms with E-state index in [0.29, 0.717) is 0 Å². The third kappa shape index (κ3) is 5.50. The van der Waals surface area contributed by atoms with E-state index in [2.05, 4.69) is 67.7 Å². The molecule has 1 unspecified atom stereocenters. The summed E-state index contributed by atoms with van der Waals surface area (Å²) < 4.78 is 2.14. The molecular weight excluding hydrogens is 422 g/mol. The van der Waals surface area contributed by atoms with Gasteiger partial charge in [-0.25, -0.2) is 0 Å². The molecule has 4 heterocycles. The normalized spacial score (nSPS) is 20.6. The van der Waals surface area contributed by atoms with Gasteiger partial charge in [0.05, 0.1) is 5.92 Å². The van der Waals surface area contributed by atoms with Crippen LogP contribution in [0.15, 0.2) is 12.1 Å². The van der Waals surface area contributed by atoms with Crippen molar-refractivity contribution < 1.29 is 4.79 Å². The van der Waals surface area contributed by atoms with Gasteiger partial charge in [-0.3, -0.25) is 9.36 Å². The molecule has 0 radical (unpaired) electrons. The van der Waals surface area contributed by atoms with E-state index in [1.54, 1.807) is 11.3 Å². The number of anilines is 1. The maximum absolute atomic E-state index is 12.8. The molecule has 1 atom stereocenters. The van der Waals surface area contributed by atoms with Crippen molar-refractivity contribution in [2.75, 3.05) is 63.8 Å². The van der Waals surface area contributed by atoms with E-state index in [4.69, 9.17) is 0 Å². The number of piperazine rings is 1. The van der Waals surface area contributed by atoms with Crippen molar-refractivity contribution in [1.82, 2.24) is 29.9 Å². The van der Waals surface area contributed by atoms with Crippen LogP contribution in [-0.2, 0) is 4.79 Å². The third-order valence-corrected chi connectivity index (χ3v) is 7.76. The highest BCUT2D eigenvalue weighted by Crippen LogP contribution is 2.29. The van der Waals surface area contributed by atoms with Crippen molar-refractivity contribution in [2.45, 2.75) is 40.0 Å². The Kier molecular flexibility index (Phi) is 7.80. The van der Waals surface area contributed by atoms with Crippen LogP contribution in [0, 0.1) is 19.8 Å². The lowest BCUT2D eigenvalue weighted by molar-refractivity contribution is -0.125. The third-order valence-electron chi connectivity index (χ3n) is 6.79. The largest absolute Gasteiger partial charge is 0.356 e. The van der Waals surface area contributed by atoms with E-state index in [9.17, 15) is 4.79 Å². The summed E-state index contributed by atoms with van der Waals surface area (Å²) in [4.78, 5) is 20.0. The van der Waals surface area contributed by atoms with E-state index in [0.717, 1.165) is 99.8 Å². The fourth-order valence-electron chi connectivity index (χ4n) is 4.75. The highest BCUT2D eigenvalue weighted by atomic mass is 32.1. The first-order valence-corrected chi connectivity index (χ1v) is 12.8. The number of likely N-dealkylation sites (N-methyl/N-ethyl adjacent to an activating group) is 1. The Morgan fingerprint density at radius 3 is 2.47 bits per heavy atom. The molecule has 2 fully saturated rings. The van der Waals surface area contributed by atoms with Gasteiger partial charge in [0.2, 0.25) is 16.2 Å². The first-order chi connectivity index (χ1) is 15.5. The van der Waals surface area contributed by atoms with E-state index >= 15 is 0 Å². The Morgan fingerprint density at radius 2 is 1.75 bits per heavy atom. The molecule has 32 heavy (non-hydrogen) atoms. The van der Waals surface area contributed by atoms with Gasteiger partial charge >= 0.3 is 0 Å². The maximum atomic E-state index is 12.8. The molecule has 0 saturated carbocycles. The molecule has 0 aromatic carbocycles. The zero-order chi connectivity index (χ0) is 22.5. The summed E-state index contributed by atoms with van der Waals surface area (Å²) >= 11 is 1.60. The van der Waals surface area contributed by atoms with Gasteiger partial charge in [-0.05, 0) is 58.3 Å². The molecule has 176 valence electrons. The number of nitrogens with zero attached hydrogens (tertiary/aromatic N) is 6. The molecular formula is C23H37N7OS. The number of aryl methyl sites for hydroxylation is 2. The maximum Gasteiger partial charge on any atom is 0.224 e. The van der Waals surface area contributed by atoms with Crippen LogP contribution >= 0.6 is 11.3 Å². The number of rotatable bonds is 8. The molecule has 2 aromatic heterocycles. The minimum absolute atomic E-state index is 0.0271. The van der Waals surface area contributed by atoms with Gasteiger partial charge in [-0.1, -0.05) is 18.3 Å². The summed E-state index contributed by atoms with van der Waals surface area (Å²) in [5.74, 6) is 0.214. The standard InChI is InChI=1S/C23H37N7OS/c1-4-27-13-15-28(16-14-27)11-6-10-24-21(31)20-7-5-12-29(17-20)22-25-26-23(32-22)30-18(2)8-9-19(30)3/h8-9,20H,4-7,10-17H2,1-3H3,(H,24,31). The van der Waals surface area contributed by atoms with Crippen LogP contribution in [0.1, 0.15) is 37.6 Å². The highest BCUT2D eigenvalue weighted by Gasteiger charge is 2.28. The zero-order valence-corrected chi connectivity index (χ0v) is 20.5. The van der Waals surface area contributed by atoms with E-state index in [-0.39, 0.29) is 11.8 Å². The predicted molar refractivity (Wildman–Crippen MR) is 130 cm³/mol. The molecule has 0 spiro atoms. The molecule has 0 bridgehead atoms. The van der Waals surface area contributed by atoms with Gasteiger partial charge in [-0.2, -0.15) is 0 Å². The lowest BCUT2D eigenvalue weighted by Gasteiger charge is -2.34. The lowest BCUT2D eigenvalue weighted by Crippen LogP contribution is -2.47. The van der Waals surface area contributed by atoms with Crippen LogP contribution in [0.2, 0.25) is 0 Å². The minimum atomic E-state index is 0.0271. The molecule has 1 N–H and O–H groups in total. The summed E-state index contributed by atoms with van der Waals surface area (Å²) in [5, 5.41) is 13.9. The van der Waals surface area contributed by atoms with Crippen LogP contribution in [0.4, 0.5) is 5.13 Å². The van der Waals surface area contributed by atoms with Gasteiger partial charge in [0.1, 0.15) is 0 Å². The van der Waals surface area contributed by atoms with Crippen molar-refractivity contribution in [3.05, 3.63) is 23.5 Å². The monoisotopic (exact) mass is 459 g/mol. The van der Waals surface area contributed by atoms with Gasteiger partial charge in [0.25, 0.3) is 0 Å². The minimum Gasteiger partial charge on any atom is -0.356 e. The molecule has 8 nitrogen and oxygen atoms in total. The summed E-state index contributed by atoms with van der Waals surface area (Å²) in [5.41, 5.74) is 2.32. The molecule has 2 saturated heterocycles. The van der Waals surface area contributed by atoms with Crippen LogP contribution in [0.5, 0.6) is 0 Å². The first-order valence-electron chi connectivity index (χ1n) is 12.0. The first kappa shape index (κ1) is 23.2. The summed E-state index contributed by atoms with van der Waals surface area (Å²) in [7, 11) is 0. The Labute approximate surface area is 195 Å². The molecule has 2 aliphatic heterocycles. The van der Waals surface area contributed by atoms with Gasteiger partial charge in [-0.15, -0.1) is 10.2 Å². The Balaban J connectivity index is 1.23.